The number of likely N-dealkylation sites (N-methyl/N-ethyl adjacent to an activating group) is 1. The Morgan fingerprint density at radius 1 is 1.29 bits per heavy atom. The van der Waals surface area contributed by atoms with Gasteiger partial charge in [0.05, 0.1) is 5.69 Å². The topological polar surface area (TPSA) is 42.7 Å². The predicted molar refractivity (Wildman–Crippen MR) is 86.4 cm³/mol. The zero-order valence-corrected chi connectivity index (χ0v) is 13.6. The number of hydrogen-bond donors (Lipinski definition) is 1. The van der Waals surface area contributed by atoms with Crippen molar-refractivity contribution >= 4 is 0 Å². The highest BCUT2D eigenvalue weighted by atomic mass is 15.3. The Morgan fingerprint density at radius 2 is 2.10 bits per heavy atom. The Hall–Kier alpha value is -1.68. The maximum Gasteiger partial charge on any atom is 0.0596 e. The normalized spacial score (nSPS) is 12.6. The van der Waals surface area contributed by atoms with Gasteiger partial charge < -0.3 is 5.32 Å². The Kier molecular flexibility index (Phi) is 5.51. The summed E-state index contributed by atoms with van der Waals surface area (Å²) in [4.78, 5) is 4.26. The Morgan fingerprint density at radius 3 is 2.76 bits per heavy atom. The molecule has 2 aromatic heterocycles. The lowest BCUT2D eigenvalue weighted by atomic mass is 9.97. The van der Waals surface area contributed by atoms with Crippen molar-refractivity contribution in [2.45, 2.75) is 53.1 Å². The third kappa shape index (κ3) is 3.70. The van der Waals surface area contributed by atoms with E-state index in [9.17, 15) is 0 Å². The van der Waals surface area contributed by atoms with Crippen LogP contribution >= 0.6 is 0 Å². The van der Waals surface area contributed by atoms with Crippen molar-refractivity contribution in [3.63, 3.8) is 0 Å². The number of rotatable bonds is 7. The fourth-order valence-electron chi connectivity index (χ4n) is 2.86. The van der Waals surface area contributed by atoms with Crippen LogP contribution in [0.1, 0.15) is 49.3 Å². The minimum Gasteiger partial charge on any atom is -0.310 e. The molecule has 114 valence electrons. The van der Waals surface area contributed by atoms with Gasteiger partial charge in [0.1, 0.15) is 0 Å². The summed E-state index contributed by atoms with van der Waals surface area (Å²) in [5.74, 6) is 0. The lowest BCUT2D eigenvalue weighted by molar-refractivity contribution is 0.513. The first-order valence-electron chi connectivity index (χ1n) is 7.89. The van der Waals surface area contributed by atoms with Gasteiger partial charge in [-0.25, -0.2) is 0 Å². The van der Waals surface area contributed by atoms with Crippen LogP contribution in [-0.2, 0) is 19.4 Å². The number of hydrogen-bond acceptors (Lipinski definition) is 3. The summed E-state index contributed by atoms with van der Waals surface area (Å²) < 4.78 is 2.10. The van der Waals surface area contributed by atoms with Gasteiger partial charge in [0.2, 0.25) is 0 Å². The monoisotopic (exact) mass is 286 g/mol. The lowest BCUT2D eigenvalue weighted by Crippen LogP contribution is -2.25. The Bertz CT molecular complexity index is 574. The number of pyridine rings is 1. The first-order chi connectivity index (χ1) is 10.2. The third-order valence-corrected chi connectivity index (χ3v) is 3.85. The van der Waals surface area contributed by atoms with Gasteiger partial charge in [0.15, 0.2) is 0 Å². The van der Waals surface area contributed by atoms with Gasteiger partial charge in [0.25, 0.3) is 0 Å². The molecule has 2 rings (SSSR count). The van der Waals surface area contributed by atoms with E-state index in [0.29, 0.717) is 6.04 Å². The molecule has 1 atom stereocenters. The maximum atomic E-state index is 4.56. The number of nitrogens with zero attached hydrogens (tertiary/aromatic N) is 3. The smallest absolute Gasteiger partial charge is 0.0596 e. The van der Waals surface area contributed by atoms with Crippen molar-refractivity contribution < 1.29 is 0 Å². The molecule has 0 fully saturated rings. The van der Waals surface area contributed by atoms with Crippen LogP contribution in [-0.4, -0.2) is 21.3 Å². The van der Waals surface area contributed by atoms with Gasteiger partial charge in [-0.3, -0.25) is 9.67 Å². The molecule has 2 heterocycles. The summed E-state index contributed by atoms with van der Waals surface area (Å²) in [6, 6.07) is 4.65. The summed E-state index contributed by atoms with van der Waals surface area (Å²) in [5, 5.41) is 8.17. The van der Waals surface area contributed by atoms with Crippen LogP contribution in [0.4, 0.5) is 0 Å². The van der Waals surface area contributed by atoms with E-state index in [1.54, 1.807) is 0 Å². The number of nitrogens with one attached hydrogen (secondary N) is 1. The summed E-state index contributed by atoms with van der Waals surface area (Å²) in [6.45, 7) is 10.4. The molecule has 0 amide bonds. The standard InChI is InChI=1S/C17H26N4/c1-5-14-12-18-9-8-16(14)17(19-6-2)11-15-10-13(4)20-21(15)7-3/h8-10,12,17,19H,5-7,11H2,1-4H3. The van der Waals surface area contributed by atoms with E-state index in [0.717, 1.165) is 31.6 Å². The van der Waals surface area contributed by atoms with E-state index in [-0.39, 0.29) is 0 Å². The largest absolute Gasteiger partial charge is 0.310 e. The molecular formula is C17H26N4. The van der Waals surface area contributed by atoms with Crippen LogP contribution in [0.25, 0.3) is 0 Å². The van der Waals surface area contributed by atoms with Crippen LogP contribution in [0, 0.1) is 6.92 Å². The minimum absolute atomic E-state index is 0.314. The molecule has 0 aliphatic carbocycles. The number of aromatic nitrogens is 3. The molecule has 2 aromatic rings. The summed E-state index contributed by atoms with van der Waals surface area (Å²) in [5.41, 5.74) is 5.06. The van der Waals surface area contributed by atoms with Crippen LogP contribution < -0.4 is 5.32 Å². The highest BCUT2D eigenvalue weighted by Crippen LogP contribution is 2.22. The molecule has 0 saturated carbocycles. The quantitative estimate of drug-likeness (QED) is 0.850. The van der Waals surface area contributed by atoms with E-state index in [4.69, 9.17) is 0 Å². The molecule has 0 bridgehead atoms. The van der Waals surface area contributed by atoms with Crippen molar-refractivity contribution in [1.82, 2.24) is 20.1 Å². The van der Waals surface area contributed by atoms with Crippen LogP contribution in [0.15, 0.2) is 24.5 Å². The second-order valence-electron chi connectivity index (χ2n) is 5.34. The van der Waals surface area contributed by atoms with Crippen molar-refractivity contribution in [2.24, 2.45) is 0 Å². The van der Waals surface area contributed by atoms with E-state index in [2.05, 4.69) is 59.9 Å². The number of aryl methyl sites for hydroxylation is 3. The average Bonchev–Trinajstić information content (AvgIpc) is 2.86. The summed E-state index contributed by atoms with van der Waals surface area (Å²) in [7, 11) is 0. The second-order valence-corrected chi connectivity index (χ2v) is 5.34. The zero-order chi connectivity index (χ0) is 15.2. The molecule has 0 aromatic carbocycles. The fourth-order valence-corrected chi connectivity index (χ4v) is 2.86. The van der Waals surface area contributed by atoms with Gasteiger partial charge in [-0.05, 0) is 50.1 Å². The summed E-state index contributed by atoms with van der Waals surface area (Å²) in [6.07, 6.45) is 5.85. The van der Waals surface area contributed by atoms with Crippen molar-refractivity contribution in [3.05, 3.63) is 47.0 Å². The van der Waals surface area contributed by atoms with Gasteiger partial charge in [-0.2, -0.15) is 5.10 Å². The molecule has 0 aliphatic rings. The van der Waals surface area contributed by atoms with E-state index < -0.39 is 0 Å². The molecule has 0 radical (unpaired) electrons. The molecule has 4 heteroatoms. The zero-order valence-electron chi connectivity index (χ0n) is 13.6. The van der Waals surface area contributed by atoms with Gasteiger partial charge in [-0.1, -0.05) is 13.8 Å². The molecule has 0 saturated heterocycles. The molecule has 0 spiro atoms. The Labute approximate surface area is 127 Å². The van der Waals surface area contributed by atoms with E-state index in [1.807, 2.05) is 12.4 Å². The molecular weight excluding hydrogens is 260 g/mol. The van der Waals surface area contributed by atoms with Crippen molar-refractivity contribution in [3.8, 4) is 0 Å². The summed E-state index contributed by atoms with van der Waals surface area (Å²) >= 11 is 0. The van der Waals surface area contributed by atoms with E-state index in [1.165, 1.54) is 16.8 Å². The van der Waals surface area contributed by atoms with Gasteiger partial charge in [0, 0.05) is 37.1 Å². The van der Waals surface area contributed by atoms with E-state index >= 15 is 0 Å². The molecule has 0 aliphatic heterocycles. The maximum absolute atomic E-state index is 4.56. The average molecular weight is 286 g/mol. The lowest BCUT2D eigenvalue weighted by Gasteiger charge is -2.21. The first kappa shape index (κ1) is 15.7. The van der Waals surface area contributed by atoms with Gasteiger partial charge in [-0.15, -0.1) is 0 Å². The minimum atomic E-state index is 0.314. The molecule has 1 N–H and O–H groups in total. The highest BCUT2D eigenvalue weighted by molar-refractivity contribution is 5.28. The molecule has 4 nitrogen and oxygen atoms in total. The third-order valence-electron chi connectivity index (χ3n) is 3.85. The molecule has 21 heavy (non-hydrogen) atoms. The van der Waals surface area contributed by atoms with Crippen LogP contribution in [0.2, 0.25) is 0 Å². The SMILES string of the molecule is CCNC(Cc1cc(C)nn1CC)c1ccncc1CC. The van der Waals surface area contributed by atoms with Crippen molar-refractivity contribution in [2.75, 3.05) is 6.54 Å². The fraction of sp³-hybridized carbons (Fsp3) is 0.529. The van der Waals surface area contributed by atoms with Gasteiger partial charge >= 0.3 is 0 Å². The van der Waals surface area contributed by atoms with Crippen molar-refractivity contribution in [1.29, 1.82) is 0 Å². The molecule has 1 unspecified atom stereocenters. The highest BCUT2D eigenvalue weighted by Gasteiger charge is 2.17. The predicted octanol–water partition coefficient (Wildman–Crippen LogP) is 3.06. The second kappa shape index (κ2) is 7.36. The first-order valence-corrected chi connectivity index (χ1v) is 7.89. The van der Waals surface area contributed by atoms with Crippen LogP contribution in [0.5, 0.6) is 0 Å². The van der Waals surface area contributed by atoms with Crippen LogP contribution in [0.3, 0.4) is 0 Å². The Balaban J connectivity index is 2.30.